The van der Waals surface area contributed by atoms with E-state index in [0.717, 1.165) is 19.2 Å². The van der Waals surface area contributed by atoms with E-state index in [1.807, 2.05) is 0 Å². The Hall–Kier alpha value is -2.43. The fourth-order valence-electron chi connectivity index (χ4n) is 1.61. The van der Waals surface area contributed by atoms with E-state index in [-0.39, 0.29) is 23.5 Å². The molecule has 0 aromatic heterocycles. The molecule has 0 heterocycles. The number of nitriles is 1. The van der Waals surface area contributed by atoms with Crippen LogP contribution in [0.25, 0.3) is 0 Å². The molecule has 0 atom stereocenters. The van der Waals surface area contributed by atoms with Gasteiger partial charge in [-0.15, -0.1) is 13.2 Å². The molecule has 114 valence electrons. The van der Waals surface area contributed by atoms with Gasteiger partial charge in [0.15, 0.2) is 11.5 Å². The van der Waals surface area contributed by atoms with Gasteiger partial charge in [0.1, 0.15) is 0 Å². The summed E-state index contributed by atoms with van der Waals surface area (Å²) < 4.78 is 50.7. The van der Waals surface area contributed by atoms with Gasteiger partial charge < -0.3 is 14.2 Å². The maximum absolute atomic E-state index is 12.4. The fourth-order valence-corrected chi connectivity index (χ4v) is 1.61. The number of carbonyl (C=O) groups is 1. The molecule has 0 saturated carbocycles. The zero-order valence-corrected chi connectivity index (χ0v) is 11.3. The van der Waals surface area contributed by atoms with E-state index >= 15 is 0 Å². The van der Waals surface area contributed by atoms with E-state index in [1.54, 1.807) is 13.0 Å². The van der Waals surface area contributed by atoms with Gasteiger partial charge in [0.2, 0.25) is 0 Å². The highest BCUT2D eigenvalue weighted by Gasteiger charge is 2.34. The van der Waals surface area contributed by atoms with Crippen molar-refractivity contribution in [3.05, 3.63) is 23.3 Å². The van der Waals surface area contributed by atoms with E-state index < -0.39 is 24.5 Å². The second kappa shape index (κ2) is 6.83. The molecule has 1 aromatic carbocycles. The van der Waals surface area contributed by atoms with E-state index in [4.69, 9.17) is 10.00 Å². The molecule has 0 bridgehead atoms. The molecule has 8 heteroatoms. The zero-order chi connectivity index (χ0) is 16.0. The lowest BCUT2D eigenvalue weighted by Crippen LogP contribution is -2.20. The van der Waals surface area contributed by atoms with Gasteiger partial charge in [-0.2, -0.15) is 5.26 Å². The molecule has 0 fully saturated rings. The Morgan fingerprint density at radius 2 is 2.05 bits per heavy atom. The smallest absolute Gasteiger partial charge is 0.493 e. The minimum Gasteiger partial charge on any atom is -0.493 e. The van der Waals surface area contributed by atoms with Crippen molar-refractivity contribution in [3.8, 4) is 17.6 Å². The summed E-state index contributed by atoms with van der Waals surface area (Å²) in [6, 6.07) is 3.99. The lowest BCUT2D eigenvalue weighted by atomic mass is 10.1. The van der Waals surface area contributed by atoms with Crippen molar-refractivity contribution in [2.75, 3.05) is 13.7 Å². The molecule has 0 saturated heterocycles. The molecule has 0 aliphatic carbocycles. The maximum atomic E-state index is 12.4. The van der Waals surface area contributed by atoms with Crippen LogP contribution in [-0.4, -0.2) is 26.0 Å². The van der Waals surface area contributed by atoms with Crippen LogP contribution in [0.3, 0.4) is 0 Å². The predicted octanol–water partition coefficient (Wildman–Crippen LogP) is 2.57. The number of rotatable bonds is 5. The molecule has 5 nitrogen and oxygen atoms in total. The minimum absolute atomic E-state index is 0.0423. The second-order valence-corrected chi connectivity index (χ2v) is 3.81. The standard InChI is InChI=1S/C13H12F3NO4/c1-3-20-11(18)6-9-4-8(7-17)5-10(19-2)12(9)21-13(14,15)16/h4-5H,3,6H2,1-2H3. The highest BCUT2D eigenvalue weighted by Crippen LogP contribution is 2.37. The third-order valence-corrected chi connectivity index (χ3v) is 2.34. The first-order valence-corrected chi connectivity index (χ1v) is 5.83. The number of esters is 1. The van der Waals surface area contributed by atoms with E-state index in [0.29, 0.717) is 0 Å². The molecular formula is C13H12F3NO4. The number of alkyl halides is 3. The first-order chi connectivity index (χ1) is 9.80. The Morgan fingerprint density at radius 1 is 1.38 bits per heavy atom. The third-order valence-electron chi connectivity index (χ3n) is 2.34. The topological polar surface area (TPSA) is 68.6 Å². The number of ether oxygens (including phenoxy) is 3. The van der Waals surface area contributed by atoms with Crippen LogP contribution in [-0.2, 0) is 16.0 Å². The molecular weight excluding hydrogens is 291 g/mol. The van der Waals surface area contributed by atoms with Gasteiger partial charge >= 0.3 is 12.3 Å². The Morgan fingerprint density at radius 3 is 2.52 bits per heavy atom. The number of nitrogens with zero attached hydrogens (tertiary/aromatic N) is 1. The molecule has 0 aliphatic rings. The van der Waals surface area contributed by atoms with Crippen LogP contribution in [0.15, 0.2) is 12.1 Å². The highest BCUT2D eigenvalue weighted by molar-refractivity contribution is 5.74. The molecule has 0 amide bonds. The Kier molecular flexibility index (Phi) is 5.41. The van der Waals surface area contributed by atoms with Crippen LogP contribution < -0.4 is 9.47 Å². The normalized spacial score (nSPS) is 10.7. The number of hydrogen-bond donors (Lipinski definition) is 0. The molecule has 1 aromatic rings. The lowest BCUT2D eigenvalue weighted by molar-refractivity contribution is -0.275. The predicted molar refractivity (Wildman–Crippen MR) is 64.7 cm³/mol. The monoisotopic (exact) mass is 303 g/mol. The minimum atomic E-state index is -4.95. The van der Waals surface area contributed by atoms with Crippen molar-refractivity contribution in [3.63, 3.8) is 0 Å². The largest absolute Gasteiger partial charge is 0.573 e. The Bertz CT molecular complexity index is 564. The summed E-state index contributed by atoms with van der Waals surface area (Å²) >= 11 is 0. The van der Waals surface area contributed by atoms with Crippen molar-refractivity contribution < 1.29 is 32.2 Å². The van der Waals surface area contributed by atoms with Gasteiger partial charge in [-0.3, -0.25) is 4.79 Å². The van der Waals surface area contributed by atoms with Crippen LogP contribution in [0.5, 0.6) is 11.5 Å². The van der Waals surface area contributed by atoms with Crippen molar-refractivity contribution in [1.82, 2.24) is 0 Å². The summed E-state index contributed by atoms with van der Waals surface area (Å²) in [4.78, 5) is 11.4. The van der Waals surface area contributed by atoms with Crippen LogP contribution in [0.4, 0.5) is 13.2 Å². The van der Waals surface area contributed by atoms with Gasteiger partial charge in [-0.1, -0.05) is 0 Å². The van der Waals surface area contributed by atoms with Crippen molar-refractivity contribution in [2.24, 2.45) is 0 Å². The summed E-state index contributed by atoms with van der Waals surface area (Å²) in [6.07, 6.45) is -5.42. The molecule has 0 N–H and O–H groups in total. The summed E-state index contributed by atoms with van der Waals surface area (Å²) in [7, 11) is 1.13. The number of carbonyl (C=O) groups excluding carboxylic acids is 1. The molecule has 0 aliphatic heterocycles. The highest BCUT2D eigenvalue weighted by atomic mass is 19.4. The van der Waals surface area contributed by atoms with Gasteiger partial charge in [0.05, 0.1) is 31.8 Å². The van der Waals surface area contributed by atoms with Gasteiger partial charge in [-0.05, 0) is 13.0 Å². The molecule has 1 rings (SSSR count). The van der Waals surface area contributed by atoms with Crippen molar-refractivity contribution >= 4 is 5.97 Å². The number of hydrogen-bond acceptors (Lipinski definition) is 5. The average Bonchev–Trinajstić information content (AvgIpc) is 2.39. The number of methoxy groups -OCH3 is 1. The summed E-state index contributed by atoms with van der Waals surface area (Å²) in [5.74, 6) is -1.68. The van der Waals surface area contributed by atoms with Crippen LogP contribution in [0.2, 0.25) is 0 Å². The summed E-state index contributed by atoms with van der Waals surface area (Å²) in [5.41, 5.74) is -0.0950. The first kappa shape index (κ1) is 16.6. The van der Waals surface area contributed by atoms with Gasteiger partial charge in [-0.25, -0.2) is 0 Å². The van der Waals surface area contributed by atoms with Crippen LogP contribution in [0, 0.1) is 11.3 Å². The fraction of sp³-hybridized carbons (Fsp3) is 0.385. The molecule has 21 heavy (non-hydrogen) atoms. The van der Waals surface area contributed by atoms with Crippen molar-refractivity contribution in [1.29, 1.82) is 5.26 Å². The number of halogens is 3. The molecule has 0 radical (unpaired) electrons. The second-order valence-electron chi connectivity index (χ2n) is 3.81. The Balaban J connectivity index is 3.28. The summed E-state index contributed by atoms with van der Waals surface area (Å²) in [5, 5.41) is 8.86. The average molecular weight is 303 g/mol. The Labute approximate surface area is 118 Å². The summed E-state index contributed by atoms with van der Waals surface area (Å²) in [6.45, 7) is 1.65. The van der Waals surface area contributed by atoms with Crippen LogP contribution >= 0.6 is 0 Å². The van der Waals surface area contributed by atoms with Crippen LogP contribution in [0.1, 0.15) is 18.1 Å². The molecule has 0 unspecified atom stereocenters. The van der Waals surface area contributed by atoms with E-state index in [1.165, 1.54) is 0 Å². The lowest BCUT2D eigenvalue weighted by Gasteiger charge is -2.16. The first-order valence-electron chi connectivity index (χ1n) is 5.83. The van der Waals surface area contributed by atoms with Gasteiger partial charge in [0, 0.05) is 11.6 Å². The molecule has 0 spiro atoms. The van der Waals surface area contributed by atoms with E-state index in [9.17, 15) is 18.0 Å². The maximum Gasteiger partial charge on any atom is 0.573 e. The SMILES string of the molecule is CCOC(=O)Cc1cc(C#N)cc(OC)c1OC(F)(F)F. The van der Waals surface area contributed by atoms with Gasteiger partial charge in [0.25, 0.3) is 0 Å². The quantitative estimate of drug-likeness (QED) is 0.782. The number of benzene rings is 1. The zero-order valence-electron chi connectivity index (χ0n) is 11.3. The van der Waals surface area contributed by atoms with Crippen molar-refractivity contribution in [2.45, 2.75) is 19.7 Å². The third kappa shape index (κ3) is 4.87. The van der Waals surface area contributed by atoms with E-state index in [2.05, 4.69) is 9.47 Å².